The lowest BCUT2D eigenvalue weighted by Gasteiger charge is -2.19. The Bertz CT molecular complexity index is 347. The van der Waals surface area contributed by atoms with Crippen LogP contribution in [0.3, 0.4) is 0 Å². The van der Waals surface area contributed by atoms with Gasteiger partial charge in [-0.25, -0.2) is 4.98 Å². The summed E-state index contributed by atoms with van der Waals surface area (Å²) in [6.07, 6.45) is 2.81. The fraction of sp³-hybridized carbons (Fsp3) is 0.583. The van der Waals surface area contributed by atoms with Crippen LogP contribution in [-0.4, -0.2) is 39.3 Å². The van der Waals surface area contributed by atoms with Crippen molar-refractivity contribution >= 4 is 17.4 Å². The number of nitrogens with zero attached hydrogens (tertiary/aromatic N) is 2. The van der Waals surface area contributed by atoms with Gasteiger partial charge in [-0.05, 0) is 25.1 Å². The van der Waals surface area contributed by atoms with Crippen molar-refractivity contribution in [3.8, 4) is 0 Å². The Hall–Kier alpha value is -0.840. The summed E-state index contributed by atoms with van der Waals surface area (Å²) >= 11 is 6.21. The van der Waals surface area contributed by atoms with Crippen LogP contribution in [-0.2, 0) is 11.3 Å². The lowest BCUT2D eigenvalue weighted by Crippen LogP contribution is -2.21. The largest absolute Gasteiger partial charge is 0.385 e. The first kappa shape index (κ1) is 14.2. The second kappa shape index (κ2) is 7.48. The van der Waals surface area contributed by atoms with Gasteiger partial charge in [-0.2, -0.15) is 0 Å². The van der Waals surface area contributed by atoms with Crippen molar-refractivity contribution in [2.24, 2.45) is 0 Å². The molecule has 1 rings (SSSR count). The van der Waals surface area contributed by atoms with Crippen LogP contribution in [0.1, 0.15) is 12.0 Å². The summed E-state index contributed by atoms with van der Waals surface area (Å²) in [5.74, 6) is 0.822. The molecule has 17 heavy (non-hydrogen) atoms. The van der Waals surface area contributed by atoms with Crippen molar-refractivity contribution in [3.05, 3.63) is 22.8 Å². The molecule has 1 aromatic rings. The molecule has 0 saturated carbocycles. The number of anilines is 1. The van der Waals surface area contributed by atoms with Crippen molar-refractivity contribution in [1.82, 2.24) is 10.3 Å². The number of hydrogen-bond acceptors (Lipinski definition) is 4. The molecule has 4 nitrogen and oxygen atoms in total. The third-order valence-corrected chi connectivity index (χ3v) is 2.74. The standard InChI is InChI=1S/C12H20ClN3O/c1-14-8-10-7-11(13)12(15-9-10)16(2)5-4-6-17-3/h7,9,14H,4-6,8H2,1-3H3. The van der Waals surface area contributed by atoms with Crippen molar-refractivity contribution in [2.45, 2.75) is 13.0 Å². The van der Waals surface area contributed by atoms with E-state index < -0.39 is 0 Å². The van der Waals surface area contributed by atoms with E-state index in [1.54, 1.807) is 7.11 Å². The second-order valence-corrected chi connectivity index (χ2v) is 4.35. The maximum absolute atomic E-state index is 6.21. The van der Waals surface area contributed by atoms with Crippen LogP contribution in [0, 0.1) is 0 Å². The van der Waals surface area contributed by atoms with E-state index in [-0.39, 0.29) is 0 Å². The molecule has 1 heterocycles. The van der Waals surface area contributed by atoms with E-state index in [1.165, 1.54) is 0 Å². The highest BCUT2D eigenvalue weighted by Gasteiger charge is 2.08. The van der Waals surface area contributed by atoms with Gasteiger partial charge in [0.1, 0.15) is 5.82 Å². The quantitative estimate of drug-likeness (QED) is 0.758. The van der Waals surface area contributed by atoms with Crippen LogP contribution in [0.4, 0.5) is 5.82 Å². The van der Waals surface area contributed by atoms with E-state index in [0.717, 1.165) is 37.5 Å². The molecule has 0 aliphatic carbocycles. The van der Waals surface area contributed by atoms with Crippen molar-refractivity contribution < 1.29 is 4.74 Å². The minimum atomic E-state index is 0.692. The molecule has 1 N–H and O–H groups in total. The molecule has 0 spiro atoms. The van der Waals surface area contributed by atoms with Gasteiger partial charge < -0.3 is 15.0 Å². The maximum Gasteiger partial charge on any atom is 0.147 e. The molecular weight excluding hydrogens is 238 g/mol. The minimum Gasteiger partial charge on any atom is -0.385 e. The zero-order valence-corrected chi connectivity index (χ0v) is 11.4. The van der Waals surface area contributed by atoms with Crippen molar-refractivity contribution in [2.75, 3.05) is 39.3 Å². The summed E-state index contributed by atoms with van der Waals surface area (Å²) in [7, 11) is 5.60. The van der Waals surface area contributed by atoms with E-state index in [9.17, 15) is 0 Å². The zero-order chi connectivity index (χ0) is 12.7. The Morgan fingerprint density at radius 1 is 1.53 bits per heavy atom. The van der Waals surface area contributed by atoms with E-state index in [0.29, 0.717) is 5.02 Å². The highest BCUT2D eigenvalue weighted by molar-refractivity contribution is 6.33. The monoisotopic (exact) mass is 257 g/mol. The molecule has 5 heteroatoms. The van der Waals surface area contributed by atoms with E-state index in [4.69, 9.17) is 16.3 Å². The van der Waals surface area contributed by atoms with Gasteiger partial charge in [-0.1, -0.05) is 11.6 Å². The molecule has 0 aromatic carbocycles. The lowest BCUT2D eigenvalue weighted by molar-refractivity contribution is 0.196. The van der Waals surface area contributed by atoms with E-state index in [2.05, 4.69) is 10.3 Å². The summed E-state index contributed by atoms with van der Waals surface area (Å²) in [4.78, 5) is 6.43. The molecule has 0 radical (unpaired) electrons. The van der Waals surface area contributed by atoms with Crippen LogP contribution in [0.2, 0.25) is 5.02 Å². The van der Waals surface area contributed by atoms with Crippen LogP contribution < -0.4 is 10.2 Å². The first-order chi connectivity index (χ1) is 8.19. The van der Waals surface area contributed by atoms with Gasteiger partial charge in [-0.15, -0.1) is 0 Å². The highest BCUT2D eigenvalue weighted by atomic mass is 35.5. The summed E-state index contributed by atoms with van der Waals surface area (Å²) in [5.41, 5.74) is 1.09. The Labute approximate surface area is 108 Å². The first-order valence-corrected chi connectivity index (χ1v) is 6.06. The normalized spacial score (nSPS) is 10.6. The third kappa shape index (κ3) is 4.50. The number of nitrogens with one attached hydrogen (secondary N) is 1. The molecular formula is C12H20ClN3O. The zero-order valence-electron chi connectivity index (χ0n) is 10.7. The Balaban J connectivity index is 2.63. The van der Waals surface area contributed by atoms with Crippen LogP contribution >= 0.6 is 11.6 Å². The van der Waals surface area contributed by atoms with Gasteiger partial charge in [0.25, 0.3) is 0 Å². The summed E-state index contributed by atoms with van der Waals surface area (Å²) in [6, 6.07) is 1.95. The molecule has 0 bridgehead atoms. The van der Waals surface area contributed by atoms with Crippen LogP contribution in [0.5, 0.6) is 0 Å². The predicted molar refractivity (Wildman–Crippen MR) is 71.8 cm³/mol. The Morgan fingerprint density at radius 2 is 2.29 bits per heavy atom. The number of halogens is 1. The average Bonchev–Trinajstić information content (AvgIpc) is 2.29. The summed E-state index contributed by atoms with van der Waals surface area (Å²) in [6.45, 7) is 2.41. The van der Waals surface area contributed by atoms with Gasteiger partial charge >= 0.3 is 0 Å². The molecule has 96 valence electrons. The van der Waals surface area contributed by atoms with Gasteiger partial charge in [-0.3, -0.25) is 0 Å². The lowest BCUT2D eigenvalue weighted by atomic mass is 10.2. The molecule has 0 unspecified atom stereocenters. The summed E-state index contributed by atoms with van der Waals surface area (Å²) in [5, 5.41) is 3.77. The smallest absolute Gasteiger partial charge is 0.147 e. The fourth-order valence-corrected chi connectivity index (χ4v) is 1.94. The van der Waals surface area contributed by atoms with Gasteiger partial charge in [0.15, 0.2) is 0 Å². The van der Waals surface area contributed by atoms with Crippen LogP contribution in [0.25, 0.3) is 0 Å². The average molecular weight is 258 g/mol. The van der Waals surface area contributed by atoms with Gasteiger partial charge in [0.2, 0.25) is 0 Å². The van der Waals surface area contributed by atoms with Gasteiger partial charge in [0, 0.05) is 40.1 Å². The number of rotatable bonds is 7. The van der Waals surface area contributed by atoms with Gasteiger partial charge in [0.05, 0.1) is 5.02 Å². The number of methoxy groups -OCH3 is 1. The minimum absolute atomic E-state index is 0.692. The number of ether oxygens (including phenoxy) is 1. The molecule has 0 atom stereocenters. The highest BCUT2D eigenvalue weighted by Crippen LogP contribution is 2.23. The maximum atomic E-state index is 6.21. The Morgan fingerprint density at radius 3 is 2.88 bits per heavy atom. The molecule has 0 saturated heterocycles. The molecule has 0 aliphatic heterocycles. The number of aromatic nitrogens is 1. The number of hydrogen-bond donors (Lipinski definition) is 1. The predicted octanol–water partition coefficient (Wildman–Crippen LogP) is 1.93. The first-order valence-electron chi connectivity index (χ1n) is 5.68. The summed E-state index contributed by atoms with van der Waals surface area (Å²) < 4.78 is 5.02. The van der Waals surface area contributed by atoms with E-state index >= 15 is 0 Å². The van der Waals surface area contributed by atoms with Crippen molar-refractivity contribution in [3.63, 3.8) is 0 Å². The molecule has 1 aromatic heterocycles. The van der Waals surface area contributed by atoms with E-state index in [1.807, 2.05) is 31.3 Å². The Kier molecular flexibility index (Phi) is 6.26. The second-order valence-electron chi connectivity index (χ2n) is 3.95. The topological polar surface area (TPSA) is 37.4 Å². The van der Waals surface area contributed by atoms with Crippen LogP contribution in [0.15, 0.2) is 12.3 Å². The van der Waals surface area contributed by atoms with Crippen molar-refractivity contribution in [1.29, 1.82) is 0 Å². The fourth-order valence-electron chi connectivity index (χ4n) is 1.60. The molecule has 0 aliphatic rings. The molecule has 0 amide bonds. The SMILES string of the molecule is CNCc1cnc(N(C)CCCOC)c(Cl)c1. The third-order valence-electron chi connectivity index (χ3n) is 2.46. The number of pyridine rings is 1. The molecule has 0 fully saturated rings.